The van der Waals surface area contributed by atoms with Crippen LogP contribution in [0.15, 0.2) is 70.6 Å². The zero-order chi connectivity index (χ0) is 25.5. The lowest BCUT2D eigenvalue weighted by molar-refractivity contribution is -0.115. The van der Waals surface area contributed by atoms with E-state index in [0.717, 1.165) is 42.0 Å². The Kier molecular flexibility index (Phi) is 8.77. The summed E-state index contributed by atoms with van der Waals surface area (Å²) >= 11 is 1.40. The summed E-state index contributed by atoms with van der Waals surface area (Å²) < 4.78 is 27.6. The molecule has 7 nitrogen and oxygen atoms in total. The van der Waals surface area contributed by atoms with Crippen molar-refractivity contribution in [2.24, 2.45) is 0 Å². The van der Waals surface area contributed by atoms with Gasteiger partial charge in [-0.15, -0.1) is 0 Å². The lowest BCUT2D eigenvalue weighted by atomic mass is 10.1. The summed E-state index contributed by atoms with van der Waals surface area (Å²) in [6.07, 6.45) is 4.53. The highest BCUT2D eigenvalue weighted by Crippen LogP contribution is 2.29. The van der Waals surface area contributed by atoms with E-state index in [2.05, 4.69) is 15.3 Å². The number of nitrogens with one attached hydrogen (secondary N) is 1. The number of thioether (sulfide) groups is 1. The van der Waals surface area contributed by atoms with Crippen molar-refractivity contribution in [1.29, 1.82) is 0 Å². The summed E-state index contributed by atoms with van der Waals surface area (Å²) in [5, 5.41) is 3.31. The molecule has 0 spiro atoms. The lowest BCUT2D eigenvalue weighted by Gasteiger charge is -2.20. The Balaban J connectivity index is 1.44. The van der Waals surface area contributed by atoms with Crippen molar-refractivity contribution >= 4 is 33.4 Å². The first-order valence-electron chi connectivity index (χ1n) is 12.4. The van der Waals surface area contributed by atoms with Gasteiger partial charge >= 0.3 is 0 Å². The maximum atomic E-state index is 13.1. The fourth-order valence-electron chi connectivity index (χ4n) is 4.19. The van der Waals surface area contributed by atoms with Gasteiger partial charge in [-0.1, -0.05) is 61.9 Å². The molecule has 190 valence electrons. The summed E-state index contributed by atoms with van der Waals surface area (Å²) in [5.41, 5.74) is 2.39. The van der Waals surface area contributed by atoms with Gasteiger partial charge in [-0.05, 0) is 56.5 Å². The van der Waals surface area contributed by atoms with Crippen LogP contribution < -0.4 is 5.32 Å². The molecule has 2 aromatic carbocycles. The van der Waals surface area contributed by atoms with Crippen LogP contribution in [0, 0.1) is 6.92 Å². The predicted octanol–water partition coefficient (Wildman–Crippen LogP) is 5.53. The number of hydrogen-bond acceptors (Lipinski definition) is 6. The first-order chi connectivity index (χ1) is 17.4. The van der Waals surface area contributed by atoms with Crippen LogP contribution in [0.2, 0.25) is 0 Å². The third-order valence-electron chi connectivity index (χ3n) is 6.13. The number of nitrogens with zero attached hydrogens (tertiary/aromatic N) is 3. The Labute approximate surface area is 217 Å². The predicted molar refractivity (Wildman–Crippen MR) is 144 cm³/mol. The van der Waals surface area contributed by atoms with Crippen LogP contribution in [0.3, 0.4) is 0 Å². The van der Waals surface area contributed by atoms with Gasteiger partial charge in [-0.3, -0.25) is 4.79 Å². The molecule has 0 bridgehead atoms. The van der Waals surface area contributed by atoms with Crippen LogP contribution in [0.5, 0.6) is 0 Å². The van der Waals surface area contributed by atoms with Crippen molar-refractivity contribution in [3.05, 3.63) is 66.5 Å². The third kappa shape index (κ3) is 6.52. The summed E-state index contributed by atoms with van der Waals surface area (Å²) in [6.45, 7) is 4.93. The van der Waals surface area contributed by atoms with Gasteiger partial charge in [-0.25, -0.2) is 18.4 Å². The number of aromatic nitrogens is 2. The Morgan fingerprint density at radius 1 is 1.00 bits per heavy atom. The van der Waals surface area contributed by atoms with Gasteiger partial charge in [0.05, 0.1) is 15.8 Å². The molecule has 1 unspecified atom stereocenters. The summed E-state index contributed by atoms with van der Waals surface area (Å²) in [6, 6.07) is 18.2. The van der Waals surface area contributed by atoms with Gasteiger partial charge in [0.2, 0.25) is 15.9 Å². The Bertz CT molecular complexity index is 1270. The normalized spacial score (nSPS) is 15.7. The van der Waals surface area contributed by atoms with Crippen molar-refractivity contribution < 1.29 is 13.2 Å². The number of aryl methyl sites for hydroxylation is 1. The minimum Gasteiger partial charge on any atom is -0.325 e. The second-order valence-electron chi connectivity index (χ2n) is 8.85. The molecule has 0 aliphatic carbocycles. The van der Waals surface area contributed by atoms with E-state index in [1.165, 1.54) is 11.8 Å². The Morgan fingerprint density at radius 2 is 1.67 bits per heavy atom. The number of carbonyl (C=O) groups is 1. The fraction of sp³-hybridized carbons (Fsp3) is 0.370. The van der Waals surface area contributed by atoms with E-state index < -0.39 is 10.0 Å². The molecule has 3 aromatic rings. The number of benzene rings is 2. The van der Waals surface area contributed by atoms with Crippen molar-refractivity contribution in [1.82, 2.24) is 14.3 Å². The zero-order valence-electron chi connectivity index (χ0n) is 20.7. The van der Waals surface area contributed by atoms with E-state index in [0.29, 0.717) is 31.0 Å². The first kappa shape index (κ1) is 26.3. The number of rotatable bonds is 8. The number of carbonyl (C=O) groups excluding carboxylic acids is 1. The van der Waals surface area contributed by atoms with Gasteiger partial charge in [0.15, 0.2) is 0 Å². The van der Waals surface area contributed by atoms with Crippen molar-refractivity contribution in [2.75, 3.05) is 18.4 Å². The monoisotopic (exact) mass is 524 g/mol. The van der Waals surface area contributed by atoms with E-state index in [4.69, 9.17) is 0 Å². The van der Waals surface area contributed by atoms with E-state index in [9.17, 15) is 13.2 Å². The number of anilines is 1. The second-order valence-corrected chi connectivity index (χ2v) is 12.0. The van der Waals surface area contributed by atoms with Crippen LogP contribution in [0.1, 0.15) is 44.9 Å². The van der Waals surface area contributed by atoms with Crippen LogP contribution in [-0.2, 0) is 14.8 Å². The van der Waals surface area contributed by atoms with Crippen LogP contribution >= 0.6 is 11.8 Å². The van der Waals surface area contributed by atoms with E-state index >= 15 is 0 Å². The van der Waals surface area contributed by atoms with Crippen LogP contribution in [0.4, 0.5) is 5.69 Å². The van der Waals surface area contributed by atoms with Gasteiger partial charge in [0, 0.05) is 24.3 Å². The molecule has 9 heteroatoms. The van der Waals surface area contributed by atoms with E-state index in [-0.39, 0.29) is 16.1 Å². The fourth-order valence-corrected chi connectivity index (χ4v) is 6.70. The molecule has 1 fully saturated rings. The van der Waals surface area contributed by atoms with Gasteiger partial charge in [0.1, 0.15) is 10.9 Å². The molecule has 1 aromatic heterocycles. The Hall–Kier alpha value is -2.75. The topological polar surface area (TPSA) is 92.3 Å². The minimum absolute atomic E-state index is 0.150. The molecule has 1 aliphatic heterocycles. The van der Waals surface area contributed by atoms with Crippen molar-refractivity contribution in [2.45, 2.75) is 61.1 Å². The molecule has 1 atom stereocenters. The number of sulfonamides is 1. The number of amides is 1. The maximum Gasteiger partial charge on any atom is 0.243 e. The molecule has 0 radical (unpaired) electrons. The minimum atomic E-state index is -3.52. The molecule has 1 aliphatic rings. The van der Waals surface area contributed by atoms with Crippen molar-refractivity contribution in [3.8, 4) is 11.3 Å². The lowest BCUT2D eigenvalue weighted by Crippen LogP contribution is -2.31. The maximum absolute atomic E-state index is 13.1. The largest absolute Gasteiger partial charge is 0.325 e. The first-order valence-corrected chi connectivity index (χ1v) is 14.7. The van der Waals surface area contributed by atoms with Gasteiger partial charge in [-0.2, -0.15) is 4.31 Å². The standard InChI is InChI=1S/C27H32N4O3S2/c1-3-25(35-26-19-24(28-20(2)29-26)21-11-7-6-8-12-21)27(32)30-22-13-15-23(16-14-22)36(33,34)31-17-9-4-5-10-18-31/h6-8,11-16,19,25H,3-5,9-10,17-18H2,1-2H3,(H,30,32). The highest BCUT2D eigenvalue weighted by molar-refractivity contribution is 8.00. The summed E-state index contributed by atoms with van der Waals surface area (Å²) in [4.78, 5) is 22.4. The van der Waals surface area contributed by atoms with E-state index in [1.807, 2.05) is 50.2 Å². The quantitative estimate of drug-likeness (QED) is 0.308. The van der Waals surface area contributed by atoms with E-state index in [1.54, 1.807) is 28.6 Å². The van der Waals surface area contributed by atoms with Crippen molar-refractivity contribution in [3.63, 3.8) is 0 Å². The summed E-state index contributed by atoms with van der Waals surface area (Å²) in [7, 11) is -3.52. The van der Waals surface area contributed by atoms with Crippen LogP contribution in [0.25, 0.3) is 11.3 Å². The smallest absolute Gasteiger partial charge is 0.243 e. The molecule has 36 heavy (non-hydrogen) atoms. The SMILES string of the molecule is CCC(Sc1cc(-c2ccccc2)nc(C)n1)C(=O)Nc1ccc(S(=O)(=O)N2CCCCCC2)cc1. The van der Waals surface area contributed by atoms with Gasteiger partial charge < -0.3 is 5.32 Å². The average molecular weight is 525 g/mol. The molecule has 1 N–H and O–H groups in total. The molecule has 1 saturated heterocycles. The Morgan fingerprint density at radius 3 is 2.31 bits per heavy atom. The van der Waals surface area contributed by atoms with Gasteiger partial charge in [0.25, 0.3) is 0 Å². The average Bonchev–Trinajstić information content (AvgIpc) is 3.18. The summed E-state index contributed by atoms with van der Waals surface area (Å²) in [5.74, 6) is 0.499. The molecule has 4 rings (SSSR count). The molecule has 1 amide bonds. The number of hydrogen-bond donors (Lipinski definition) is 1. The highest BCUT2D eigenvalue weighted by atomic mass is 32.2. The second kappa shape index (κ2) is 12.0. The third-order valence-corrected chi connectivity index (χ3v) is 9.33. The highest BCUT2D eigenvalue weighted by Gasteiger charge is 2.25. The molecule has 2 heterocycles. The molecule has 0 saturated carbocycles. The molecular formula is C27H32N4O3S2. The molecular weight excluding hydrogens is 492 g/mol. The van der Waals surface area contributed by atoms with Crippen LogP contribution in [-0.4, -0.2) is 46.9 Å². The zero-order valence-corrected chi connectivity index (χ0v) is 22.3.